The zero-order valence-electron chi connectivity index (χ0n) is 11.9. The van der Waals surface area contributed by atoms with E-state index in [9.17, 15) is 0 Å². The molecule has 0 saturated carbocycles. The SMILES string of the molecule is CCCNC(Cc1ccccc1Cl)C1CCC(C)O1. The van der Waals surface area contributed by atoms with Gasteiger partial charge in [0.25, 0.3) is 0 Å². The monoisotopic (exact) mass is 281 g/mol. The van der Waals surface area contributed by atoms with Crippen molar-refractivity contribution in [2.45, 2.75) is 57.8 Å². The van der Waals surface area contributed by atoms with Crippen molar-refractivity contribution in [3.63, 3.8) is 0 Å². The molecule has 1 heterocycles. The van der Waals surface area contributed by atoms with Crippen molar-refractivity contribution in [3.8, 4) is 0 Å². The van der Waals surface area contributed by atoms with E-state index in [1.807, 2.05) is 12.1 Å². The predicted octanol–water partition coefficient (Wildman–Crippen LogP) is 3.82. The lowest BCUT2D eigenvalue weighted by Gasteiger charge is -2.25. The Labute approximate surface area is 121 Å². The molecule has 0 amide bonds. The Hall–Kier alpha value is -0.570. The molecule has 1 fully saturated rings. The molecule has 1 aliphatic heterocycles. The summed E-state index contributed by atoms with van der Waals surface area (Å²) in [6.07, 6.45) is 5.10. The summed E-state index contributed by atoms with van der Waals surface area (Å²) in [4.78, 5) is 0. The number of hydrogen-bond acceptors (Lipinski definition) is 2. The molecule has 1 aromatic carbocycles. The van der Waals surface area contributed by atoms with Gasteiger partial charge in [-0.25, -0.2) is 0 Å². The van der Waals surface area contributed by atoms with E-state index in [4.69, 9.17) is 16.3 Å². The van der Waals surface area contributed by atoms with Crippen LogP contribution in [0.4, 0.5) is 0 Å². The standard InChI is InChI=1S/C16H24ClNO/c1-3-10-18-15(16-9-8-12(2)19-16)11-13-6-4-5-7-14(13)17/h4-7,12,15-16,18H,3,8-11H2,1-2H3. The van der Waals surface area contributed by atoms with Gasteiger partial charge in [0.05, 0.1) is 12.2 Å². The maximum atomic E-state index is 6.27. The average molecular weight is 282 g/mol. The van der Waals surface area contributed by atoms with Gasteiger partial charge < -0.3 is 10.1 Å². The third-order valence-corrected chi connectivity index (χ3v) is 4.14. The van der Waals surface area contributed by atoms with Gasteiger partial charge in [0, 0.05) is 11.1 Å². The summed E-state index contributed by atoms with van der Waals surface area (Å²) in [6, 6.07) is 8.47. The van der Waals surface area contributed by atoms with E-state index in [-0.39, 0.29) is 0 Å². The lowest BCUT2D eigenvalue weighted by atomic mass is 9.99. The molecule has 0 radical (unpaired) electrons. The summed E-state index contributed by atoms with van der Waals surface area (Å²) >= 11 is 6.27. The second-order valence-corrected chi connectivity index (χ2v) is 5.83. The molecule has 2 rings (SSSR count). The Bertz CT molecular complexity index is 396. The average Bonchev–Trinajstić information content (AvgIpc) is 2.83. The lowest BCUT2D eigenvalue weighted by molar-refractivity contribution is 0.0321. The Morgan fingerprint density at radius 3 is 2.79 bits per heavy atom. The highest BCUT2D eigenvalue weighted by Gasteiger charge is 2.29. The first-order chi connectivity index (χ1) is 9.20. The maximum absolute atomic E-state index is 6.27. The van der Waals surface area contributed by atoms with Gasteiger partial charge in [-0.2, -0.15) is 0 Å². The normalized spacial score (nSPS) is 24.6. The Morgan fingerprint density at radius 2 is 2.16 bits per heavy atom. The Morgan fingerprint density at radius 1 is 1.37 bits per heavy atom. The summed E-state index contributed by atoms with van der Waals surface area (Å²) in [5.41, 5.74) is 1.21. The molecule has 2 nitrogen and oxygen atoms in total. The van der Waals surface area contributed by atoms with Crippen molar-refractivity contribution in [1.29, 1.82) is 0 Å². The second-order valence-electron chi connectivity index (χ2n) is 5.42. The second kappa shape index (κ2) is 7.28. The molecule has 0 spiro atoms. The van der Waals surface area contributed by atoms with Crippen LogP contribution in [0.2, 0.25) is 5.02 Å². The van der Waals surface area contributed by atoms with E-state index < -0.39 is 0 Å². The molecule has 3 heteroatoms. The van der Waals surface area contributed by atoms with Crippen LogP contribution < -0.4 is 5.32 Å². The molecule has 1 aromatic rings. The summed E-state index contributed by atoms with van der Waals surface area (Å²) in [7, 11) is 0. The van der Waals surface area contributed by atoms with Crippen molar-refractivity contribution >= 4 is 11.6 Å². The van der Waals surface area contributed by atoms with Gasteiger partial charge >= 0.3 is 0 Å². The molecule has 1 aliphatic rings. The van der Waals surface area contributed by atoms with Crippen LogP contribution in [-0.4, -0.2) is 24.8 Å². The van der Waals surface area contributed by atoms with Crippen LogP contribution in [0.3, 0.4) is 0 Å². The summed E-state index contributed by atoms with van der Waals surface area (Å²) in [6.45, 7) is 5.38. The maximum Gasteiger partial charge on any atom is 0.0735 e. The van der Waals surface area contributed by atoms with Crippen LogP contribution in [0.25, 0.3) is 0 Å². The molecule has 19 heavy (non-hydrogen) atoms. The Balaban J connectivity index is 2.03. The van der Waals surface area contributed by atoms with E-state index in [1.54, 1.807) is 0 Å². The van der Waals surface area contributed by atoms with Gasteiger partial charge in [-0.05, 0) is 50.8 Å². The Kier molecular flexibility index (Phi) is 5.68. The number of hydrogen-bond donors (Lipinski definition) is 1. The zero-order chi connectivity index (χ0) is 13.7. The molecule has 0 aromatic heterocycles. The molecule has 3 atom stereocenters. The fraction of sp³-hybridized carbons (Fsp3) is 0.625. The van der Waals surface area contributed by atoms with Crippen molar-refractivity contribution in [2.24, 2.45) is 0 Å². The summed E-state index contributed by atoms with van der Waals surface area (Å²) < 4.78 is 6.03. The topological polar surface area (TPSA) is 21.3 Å². The fourth-order valence-electron chi connectivity index (χ4n) is 2.70. The van der Waals surface area contributed by atoms with Crippen LogP contribution >= 0.6 is 11.6 Å². The molecule has 106 valence electrons. The number of benzene rings is 1. The molecular formula is C16H24ClNO. The minimum Gasteiger partial charge on any atom is -0.374 e. The van der Waals surface area contributed by atoms with E-state index in [0.717, 1.165) is 37.3 Å². The highest BCUT2D eigenvalue weighted by atomic mass is 35.5. The minimum atomic E-state index is 0.317. The first kappa shape index (κ1) is 14.8. The molecule has 1 N–H and O–H groups in total. The van der Waals surface area contributed by atoms with Crippen LogP contribution in [0.15, 0.2) is 24.3 Å². The van der Waals surface area contributed by atoms with E-state index in [0.29, 0.717) is 18.2 Å². The molecule has 1 saturated heterocycles. The third-order valence-electron chi connectivity index (χ3n) is 3.77. The number of rotatable bonds is 6. The van der Waals surface area contributed by atoms with Crippen LogP contribution in [0, 0.1) is 0 Å². The van der Waals surface area contributed by atoms with Gasteiger partial charge in [-0.3, -0.25) is 0 Å². The van der Waals surface area contributed by atoms with Crippen LogP contribution in [0.5, 0.6) is 0 Å². The molecular weight excluding hydrogens is 258 g/mol. The lowest BCUT2D eigenvalue weighted by Crippen LogP contribution is -2.42. The van der Waals surface area contributed by atoms with E-state index >= 15 is 0 Å². The highest BCUT2D eigenvalue weighted by molar-refractivity contribution is 6.31. The van der Waals surface area contributed by atoms with Gasteiger partial charge in [0.1, 0.15) is 0 Å². The van der Waals surface area contributed by atoms with Gasteiger partial charge in [0.2, 0.25) is 0 Å². The van der Waals surface area contributed by atoms with Gasteiger partial charge in [0.15, 0.2) is 0 Å². The van der Waals surface area contributed by atoms with Crippen molar-refractivity contribution in [1.82, 2.24) is 5.32 Å². The largest absolute Gasteiger partial charge is 0.374 e. The number of nitrogens with one attached hydrogen (secondary N) is 1. The zero-order valence-corrected chi connectivity index (χ0v) is 12.6. The van der Waals surface area contributed by atoms with Crippen molar-refractivity contribution in [2.75, 3.05) is 6.54 Å². The first-order valence-electron chi connectivity index (χ1n) is 7.33. The van der Waals surface area contributed by atoms with Gasteiger partial charge in [-0.1, -0.05) is 36.7 Å². The number of halogens is 1. The predicted molar refractivity (Wildman–Crippen MR) is 80.8 cm³/mol. The molecule has 0 aliphatic carbocycles. The van der Waals surface area contributed by atoms with E-state index in [1.165, 1.54) is 5.56 Å². The quantitative estimate of drug-likeness (QED) is 0.856. The van der Waals surface area contributed by atoms with Crippen molar-refractivity contribution in [3.05, 3.63) is 34.9 Å². The van der Waals surface area contributed by atoms with Crippen LogP contribution in [0.1, 0.15) is 38.7 Å². The first-order valence-corrected chi connectivity index (χ1v) is 7.70. The van der Waals surface area contributed by atoms with E-state index in [2.05, 4.69) is 31.3 Å². The van der Waals surface area contributed by atoms with Crippen LogP contribution in [-0.2, 0) is 11.2 Å². The highest BCUT2D eigenvalue weighted by Crippen LogP contribution is 2.25. The third kappa shape index (κ3) is 4.20. The smallest absolute Gasteiger partial charge is 0.0735 e. The molecule has 3 unspecified atom stereocenters. The summed E-state index contributed by atoms with van der Waals surface area (Å²) in [5, 5.41) is 4.48. The summed E-state index contributed by atoms with van der Waals surface area (Å²) in [5.74, 6) is 0. The number of ether oxygens (including phenoxy) is 1. The fourth-order valence-corrected chi connectivity index (χ4v) is 2.91. The van der Waals surface area contributed by atoms with Gasteiger partial charge in [-0.15, -0.1) is 0 Å². The molecule has 0 bridgehead atoms. The minimum absolute atomic E-state index is 0.317. The van der Waals surface area contributed by atoms with Crippen molar-refractivity contribution < 1.29 is 4.74 Å².